The molecule has 2 nitrogen and oxygen atoms in total. The first-order chi connectivity index (χ1) is 7.83. The third-order valence-electron chi connectivity index (χ3n) is 3.10. The van der Waals surface area contributed by atoms with E-state index >= 15 is 0 Å². The van der Waals surface area contributed by atoms with Gasteiger partial charge in [-0.3, -0.25) is 0 Å². The molecule has 0 bridgehead atoms. The third kappa shape index (κ3) is 2.57. The Kier molecular flexibility index (Phi) is 4.22. The van der Waals surface area contributed by atoms with E-state index in [0.29, 0.717) is 12.0 Å². The molecule has 88 valence electrons. The molecule has 1 N–H and O–H groups in total. The maximum atomic E-state index is 6.25. The minimum Gasteiger partial charge on any atom is -0.381 e. The average Bonchev–Trinajstić information content (AvgIpc) is 2.80. The predicted molar refractivity (Wildman–Crippen MR) is 66.8 cm³/mol. The van der Waals surface area contributed by atoms with Gasteiger partial charge in [0.25, 0.3) is 0 Å². The van der Waals surface area contributed by atoms with E-state index < -0.39 is 0 Å². The first-order valence-corrected chi connectivity index (χ1v) is 6.26. The van der Waals surface area contributed by atoms with Gasteiger partial charge in [0.2, 0.25) is 0 Å². The monoisotopic (exact) mass is 239 g/mol. The zero-order valence-electron chi connectivity index (χ0n) is 9.58. The Morgan fingerprint density at radius 3 is 2.94 bits per heavy atom. The normalized spacial score (nSPS) is 22.2. The molecule has 0 radical (unpaired) electrons. The van der Waals surface area contributed by atoms with E-state index in [9.17, 15) is 0 Å². The second kappa shape index (κ2) is 5.67. The number of hydrogen-bond donors (Lipinski definition) is 1. The van der Waals surface area contributed by atoms with Gasteiger partial charge in [-0.25, -0.2) is 0 Å². The zero-order chi connectivity index (χ0) is 11.4. The first kappa shape index (κ1) is 11.9. The molecule has 1 fully saturated rings. The van der Waals surface area contributed by atoms with Crippen LogP contribution in [-0.2, 0) is 4.74 Å². The van der Waals surface area contributed by atoms with Crippen molar-refractivity contribution in [2.24, 2.45) is 5.92 Å². The smallest absolute Gasteiger partial charge is 0.0513 e. The standard InChI is InChI=1S/C13H18ClNO/c1-2-15-13(10-7-8-16-9-10)11-5-3-4-6-12(11)14/h3-6,10,13,15H,2,7-9H2,1H3. The van der Waals surface area contributed by atoms with Crippen molar-refractivity contribution in [2.75, 3.05) is 19.8 Å². The molecule has 0 amide bonds. The Morgan fingerprint density at radius 1 is 1.50 bits per heavy atom. The van der Waals surface area contributed by atoms with E-state index in [1.165, 1.54) is 5.56 Å². The van der Waals surface area contributed by atoms with Crippen LogP contribution in [0.5, 0.6) is 0 Å². The highest BCUT2D eigenvalue weighted by Crippen LogP contribution is 2.32. The van der Waals surface area contributed by atoms with Crippen LogP contribution >= 0.6 is 11.6 Å². The van der Waals surface area contributed by atoms with E-state index in [2.05, 4.69) is 18.3 Å². The van der Waals surface area contributed by atoms with Crippen molar-refractivity contribution in [3.63, 3.8) is 0 Å². The fourth-order valence-corrected chi connectivity index (χ4v) is 2.55. The summed E-state index contributed by atoms with van der Waals surface area (Å²) in [4.78, 5) is 0. The fourth-order valence-electron chi connectivity index (χ4n) is 2.29. The van der Waals surface area contributed by atoms with Gasteiger partial charge in [0.05, 0.1) is 6.61 Å². The second-order valence-corrected chi connectivity index (χ2v) is 4.59. The molecule has 0 aromatic heterocycles. The Labute approximate surface area is 102 Å². The lowest BCUT2D eigenvalue weighted by Gasteiger charge is -2.24. The van der Waals surface area contributed by atoms with Gasteiger partial charge in [-0.15, -0.1) is 0 Å². The van der Waals surface area contributed by atoms with Gasteiger partial charge >= 0.3 is 0 Å². The highest BCUT2D eigenvalue weighted by atomic mass is 35.5. The van der Waals surface area contributed by atoms with Crippen LogP contribution in [0.25, 0.3) is 0 Å². The second-order valence-electron chi connectivity index (χ2n) is 4.18. The highest BCUT2D eigenvalue weighted by Gasteiger charge is 2.27. The van der Waals surface area contributed by atoms with Crippen molar-refractivity contribution in [2.45, 2.75) is 19.4 Å². The van der Waals surface area contributed by atoms with Gasteiger partial charge in [-0.05, 0) is 24.6 Å². The van der Waals surface area contributed by atoms with Crippen LogP contribution in [0.1, 0.15) is 24.9 Å². The van der Waals surface area contributed by atoms with Crippen LogP contribution in [0.3, 0.4) is 0 Å². The SMILES string of the molecule is CCNC(c1ccccc1Cl)C1CCOC1. The van der Waals surface area contributed by atoms with Crippen LogP contribution < -0.4 is 5.32 Å². The summed E-state index contributed by atoms with van der Waals surface area (Å²) >= 11 is 6.25. The fraction of sp³-hybridized carbons (Fsp3) is 0.538. The Bertz CT molecular complexity index is 336. The summed E-state index contributed by atoms with van der Waals surface area (Å²) < 4.78 is 5.46. The van der Waals surface area contributed by atoms with Gasteiger partial charge in [-0.2, -0.15) is 0 Å². The van der Waals surface area contributed by atoms with Crippen LogP contribution in [0, 0.1) is 5.92 Å². The summed E-state index contributed by atoms with van der Waals surface area (Å²) in [6, 6.07) is 8.40. The number of ether oxygens (including phenoxy) is 1. The van der Waals surface area contributed by atoms with Crippen LogP contribution in [0.4, 0.5) is 0 Å². The summed E-state index contributed by atoms with van der Waals surface area (Å²) in [5.74, 6) is 0.542. The third-order valence-corrected chi connectivity index (χ3v) is 3.44. The van der Waals surface area contributed by atoms with Crippen LogP contribution in [-0.4, -0.2) is 19.8 Å². The molecule has 0 spiro atoms. The number of hydrogen-bond acceptors (Lipinski definition) is 2. The lowest BCUT2D eigenvalue weighted by atomic mass is 9.92. The van der Waals surface area contributed by atoms with Crippen molar-refractivity contribution in [3.05, 3.63) is 34.9 Å². The zero-order valence-corrected chi connectivity index (χ0v) is 10.3. The van der Waals surface area contributed by atoms with Crippen molar-refractivity contribution in [1.82, 2.24) is 5.32 Å². The molecule has 1 aliphatic heterocycles. The summed E-state index contributed by atoms with van der Waals surface area (Å²) in [5, 5.41) is 4.36. The largest absolute Gasteiger partial charge is 0.381 e. The minimum atomic E-state index is 0.321. The molecule has 2 rings (SSSR count). The van der Waals surface area contributed by atoms with Crippen molar-refractivity contribution in [3.8, 4) is 0 Å². The number of nitrogens with one attached hydrogen (secondary N) is 1. The molecule has 1 heterocycles. The Balaban J connectivity index is 2.21. The molecule has 2 unspecified atom stereocenters. The summed E-state index contributed by atoms with van der Waals surface area (Å²) in [6.07, 6.45) is 1.11. The van der Waals surface area contributed by atoms with Gasteiger partial charge in [0.1, 0.15) is 0 Å². The Hall–Kier alpha value is -0.570. The van der Waals surface area contributed by atoms with Crippen molar-refractivity contribution < 1.29 is 4.74 Å². The maximum absolute atomic E-state index is 6.25. The van der Waals surface area contributed by atoms with Gasteiger partial charge < -0.3 is 10.1 Å². The molecule has 1 aromatic rings. The minimum absolute atomic E-state index is 0.321. The summed E-state index contributed by atoms with van der Waals surface area (Å²) in [7, 11) is 0. The molecule has 0 saturated carbocycles. The van der Waals surface area contributed by atoms with E-state index in [0.717, 1.165) is 31.2 Å². The van der Waals surface area contributed by atoms with E-state index in [1.807, 2.05) is 18.2 Å². The highest BCUT2D eigenvalue weighted by molar-refractivity contribution is 6.31. The molecule has 16 heavy (non-hydrogen) atoms. The van der Waals surface area contributed by atoms with E-state index in [4.69, 9.17) is 16.3 Å². The van der Waals surface area contributed by atoms with Crippen molar-refractivity contribution in [1.29, 1.82) is 0 Å². The van der Waals surface area contributed by atoms with Gasteiger partial charge in [0, 0.05) is 23.6 Å². The first-order valence-electron chi connectivity index (χ1n) is 5.88. The number of rotatable bonds is 4. The van der Waals surface area contributed by atoms with Crippen molar-refractivity contribution >= 4 is 11.6 Å². The molecular weight excluding hydrogens is 222 g/mol. The number of halogens is 1. The molecule has 3 heteroatoms. The van der Waals surface area contributed by atoms with Gasteiger partial charge in [-0.1, -0.05) is 36.7 Å². The molecule has 0 aliphatic carbocycles. The molecule has 2 atom stereocenters. The Morgan fingerprint density at radius 2 is 2.31 bits per heavy atom. The van der Waals surface area contributed by atoms with E-state index in [1.54, 1.807) is 0 Å². The van der Waals surface area contributed by atoms with E-state index in [-0.39, 0.29) is 0 Å². The van der Waals surface area contributed by atoms with Gasteiger partial charge in [0.15, 0.2) is 0 Å². The topological polar surface area (TPSA) is 21.3 Å². The lowest BCUT2D eigenvalue weighted by Crippen LogP contribution is -2.28. The molecular formula is C13H18ClNO. The van der Waals surface area contributed by atoms with Crippen LogP contribution in [0.2, 0.25) is 5.02 Å². The lowest BCUT2D eigenvalue weighted by molar-refractivity contribution is 0.177. The molecule has 1 aromatic carbocycles. The quantitative estimate of drug-likeness (QED) is 0.872. The predicted octanol–water partition coefficient (Wildman–Crippen LogP) is 3.03. The molecule has 1 aliphatic rings. The number of benzene rings is 1. The van der Waals surface area contributed by atoms with Crippen LogP contribution in [0.15, 0.2) is 24.3 Å². The molecule has 1 saturated heterocycles. The maximum Gasteiger partial charge on any atom is 0.0513 e. The summed E-state index contributed by atoms with van der Waals surface area (Å²) in [6.45, 7) is 4.78. The summed E-state index contributed by atoms with van der Waals surface area (Å²) in [5.41, 5.74) is 1.20. The average molecular weight is 240 g/mol.